The second-order valence-electron chi connectivity index (χ2n) is 7.23. The van der Waals surface area contributed by atoms with Crippen LogP contribution >= 0.6 is 0 Å². The van der Waals surface area contributed by atoms with Crippen molar-refractivity contribution >= 4 is 23.8 Å². The third-order valence-corrected chi connectivity index (χ3v) is 4.71. The third kappa shape index (κ3) is 7.94. The summed E-state index contributed by atoms with van der Waals surface area (Å²) in [4.78, 5) is 30.9. The van der Waals surface area contributed by atoms with E-state index in [4.69, 9.17) is 9.47 Å². The van der Waals surface area contributed by atoms with Crippen LogP contribution in [0.15, 0.2) is 109 Å². The van der Waals surface area contributed by atoms with Crippen molar-refractivity contribution in [3.05, 3.63) is 115 Å². The van der Waals surface area contributed by atoms with Gasteiger partial charge in [-0.2, -0.15) is 0 Å². The lowest BCUT2D eigenvalue weighted by molar-refractivity contribution is 0.144. The highest BCUT2D eigenvalue weighted by molar-refractivity contribution is 6.07. The average molecular weight is 458 g/mol. The van der Waals surface area contributed by atoms with Crippen LogP contribution in [0.4, 0.5) is 15.3 Å². The predicted octanol–water partition coefficient (Wildman–Crippen LogP) is 5.69. The van der Waals surface area contributed by atoms with Crippen LogP contribution < -0.4 is 10.2 Å². The summed E-state index contributed by atoms with van der Waals surface area (Å²) in [5.41, 5.74) is 2.40. The quantitative estimate of drug-likeness (QED) is 0.267. The van der Waals surface area contributed by atoms with Gasteiger partial charge in [0.05, 0.1) is 0 Å². The molecule has 1 N–H and O–H groups in total. The molecule has 2 amide bonds. The first-order valence-corrected chi connectivity index (χ1v) is 10.9. The molecule has 3 rings (SSSR count). The SMILES string of the molecule is C=CCCN(/C(=N\C(=O)OCc1ccccc1)NC(=O)OCc1ccccc1)c1ccccc1. The number of benzene rings is 3. The molecule has 34 heavy (non-hydrogen) atoms. The number of ether oxygens (including phenoxy) is 2. The summed E-state index contributed by atoms with van der Waals surface area (Å²) in [5.74, 6) is 0.00386. The fourth-order valence-electron chi connectivity index (χ4n) is 3.03. The molecule has 0 aliphatic carbocycles. The fourth-order valence-corrected chi connectivity index (χ4v) is 3.03. The number of anilines is 1. The first kappa shape index (κ1) is 24.3. The molecule has 0 heterocycles. The van der Waals surface area contributed by atoms with E-state index in [2.05, 4.69) is 16.9 Å². The Morgan fingerprint density at radius 3 is 1.91 bits per heavy atom. The van der Waals surface area contributed by atoms with Gasteiger partial charge >= 0.3 is 12.2 Å². The Kier molecular flexibility index (Phi) is 9.43. The molecule has 0 spiro atoms. The number of alkyl carbamates (subject to hydrolysis) is 1. The molecule has 174 valence electrons. The van der Waals surface area contributed by atoms with Crippen LogP contribution in [-0.4, -0.2) is 24.7 Å². The van der Waals surface area contributed by atoms with E-state index < -0.39 is 12.2 Å². The first-order chi connectivity index (χ1) is 16.7. The van der Waals surface area contributed by atoms with E-state index >= 15 is 0 Å². The molecule has 7 nitrogen and oxygen atoms in total. The van der Waals surface area contributed by atoms with Crippen molar-refractivity contribution in [1.29, 1.82) is 0 Å². The Bertz CT molecular complexity index is 1090. The summed E-state index contributed by atoms with van der Waals surface area (Å²) in [7, 11) is 0. The highest BCUT2D eigenvalue weighted by atomic mass is 16.6. The second-order valence-corrected chi connectivity index (χ2v) is 7.23. The average Bonchev–Trinajstić information content (AvgIpc) is 2.88. The summed E-state index contributed by atoms with van der Waals surface area (Å²) in [6.45, 7) is 4.33. The van der Waals surface area contributed by atoms with Gasteiger partial charge in [0, 0.05) is 12.2 Å². The number of para-hydroxylation sites is 1. The van der Waals surface area contributed by atoms with Gasteiger partial charge in [0.2, 0.25) is 5.96 Å². The van der Waals surface area contributed by atoms with E-state index in [-0.39, 0.29) is 19.2 Å². The minimum Gasteiger partial charge on any atom is -0.444 e. The lowest BCUT2D eigenvalue weighted by atomic mass is 10.2. The van der Waals surface area contributed by atoms with Crippen LogP contribution in [0.25, 0.3) is 0 Å². The summed E-state index contributed by atoms with van der Waals surface area (Å²) < 4.78 is 10.6. The van der Waals surface area contributed by atoms with E-state index in [1.807, 2.05) is 91.0 Å². The molecule has 0 radical (unpaired) electrons. The Hall–Kier alpha value is -4.39. The monoisotopic (exact) mass is 457 g/mol. The van der Waals surface area contributed by atoms with E-state index in [9.17, 15) is 9.59 Å². The molecule has 3 aromatic rings. The number of nitrogens with one attached hydrogen (secondary N) is 1. The second kappa shape index (κ2) is 13.2. The van der Waals surface area contributed by atoms with Crippen molar-refractivity contribution in [3.8, 4) is 0 Å². The van der Waals surface area contributed by atoms with Crippen LogP contribution in [0.2, 0.25) is 0 Å². The van der Waals surface area contributed by atoms with E-state index in [1.165, 1.54) is 0 Å². The van der Waals surface area contributed by atoms with E-state index in [0.29, 0.717) is 13.0 Å². The molecule has 0 aliphatic heterocycles. The number of carbonyl (C=O) groups excluding carboxylic acids is 2. The van der Waals surface area contributed by atoms with Crippen LogP contribution in [-0.2, 0) is 22.7 Å². The van der Waals surface area contributed by atoms with Crippen molar-refractivity contribution in [3.63, 3.8) is 0 Å². The van der Waals surface area contributed by atoms with Gasteiger partial charge in [-0.25, -0.2) is 9.59 Å². The maximum Gasteiger partial charge on any atom is 0.437 e. The summed E-state index contributed by atoms with van der Waals surface area (Å²) in [5, 5.41) is 2.60. The molecule has 0 aliphatic rings. The Labute approximate surface area is 199 Å². The van der Waals surface area contributed by atoms with Gasteiger partial charge in [-0.15, -0.1) is 11.6 Å². The van der Waals surface area contributed by atoms with Crippen molar-refractivity contribution in [2.24, 2.45) is 4.99 Å². The molecule has 0 saturated carbocycles. The smallest absolute Gasteiger partial charge is 0.437 e. The van der Waals surface area contributed by atoms with Gasteiger partial charge in [-0.05, 0) is 29.7 Å². The van der Waals surface area contributed by atoms with Crippen LogP contribution in [0.1, 0.15) is 17.5 Å². The topological polar surface area (TPSA) is 80.2 Å². The zero-order chi connectivity index (χ0) is 24.0. The minimum atomic E-state index is -0.832. The maximum absolute atomic E-state index is 12.6. The zero-order valence-corrected chi connectivity index (χ0v) is 18.8. The molecule has 0 unspecified atom stereocenters. The van der Waals surface area contributed by atoms with Crippen molar-refractivity contribution < 1.29 is 19.1 Å². The molecule has 7 heteroatoms. The Morgan fingerprint density at radius 2 is 1.35 bits per heavy atom. The number of rotatable bonds is 8. The molecular formula is C27H27N3O4. The van der Waals surface area contributed by atoms with Gasteiger partial charge in [0.1, 0.15) is 13.2 Å². The summed E-state index contributed by atoms with van der Waals surface area (Å²) >= 11 is 0. The first-order valence-electron chi connectivity index (χ1n) is 10.9. The largest absolute Gasteiger partial charge is 0.444 e. The number of guanidine groups is 1. The minimum absolute atomic E-state index is 0.00386. The number of amides is 2. The number of nitrogens with zero attached hydrogens (tertiary/aromatic N) is 2. The van der Waals surface area contributed by atoms with Crippen LogP contribution in [0.3, 0.4) is 0 Å². The fraction of sp³-hybridized carbons (Fsp3) is 0.148. The van der Waals surface area contributed by atoms with Gasteiger partial charge in [-0.3, -0.25) is 5.32 Å². The molecule has 0 bridgehead atoms. The number of hydrogen-bond acceptors (Lipinski definition) is 4. The van der Waals surface area contributed by atoms with Gasteiger partial charge in [-0.1, -0.05) is 84.9 Å². The zero-order valence-electron chi connectivity index (χ0n) is 18.8. The van der Waals surface area contributed by atoms with Crippen molar-refractivity contribution in [2.75, 3.05) is 11.4 Å². The highest BCUT2D eigenvalue weighted by Crippen LogP contribution is 2.15. The Balaban J connectivity index is 1.78. The van der Waals surface area contributed by atoms with Crippen molar-refractivity contribution in [1.82, 2.24) is 5.32 Å². The van der Waals surface area contributed by atoms with E-state index in [1.54, 1.807) is 11.0 Å². The highest BCUT2D eigenvalue weighted by Gasteiger charge is 2.19. The molecule has 0 aromatic heterocycles. The van der Waals surface area contributed by atoms with Gasteiger partial charge < -0.3 is 14.4 Å². The normalized spacial score (nSPS) is 10.8. The number of carbonyl (C=O) groups is 2. The molecule has 0 atom stereocenters. The summed E-state index contributed by atoms with van der Waals surface area (Å²) in [6.07, 6.45) is 0.766. The standard InChI is InChI=1S/C27H27N3O4/c1-2-3-19-30(24-17-11-6-12-18-24)25(28-26(31)33-20-22-13-7-4-8-14-22)29-27(32)34-21-23-15-9-5-10-16-23/h2,4-18H,1,3,19-21H2,(H,28,29,31,32). The van der Waals surface area contributed by atoms with Crippen molar-refractivity contribution in [2.45, 2.75) is 19.6 Å². The molecule has 0 fully saturated rings. The Morgan fingerprint density at radius 1 is 0.824 bits per heavy atom. The van der Waals surface area contributed by atoms with Gasteiger partial charge in [0.25, 0.3) is 0 Å². The van der Waals surface area contributed by atoms with E-state index in [0.717, 1.165) is 16.8 Å². The predicted molar refractivity (Wildman–Crippen MR) is 132 cm³/mol. The summed E-state index contributed by atoms with van der Waals surface area (Å²) in [6, 6.07) is 27.9. The molecular weight excluding hydrogens is 430 g/mol. The number of aliphatic imine (C=N–C) groups is 1. The van der Waals surface area contributed by atoms with Crippen LogP contribution in [0, 0.1) is 0 Å². The van der Waals surface area contributed by atoms with Gasteiger partial charge in [0.15, 0.2) is 0 Å². The lowest BCUT2D eigenvalue weighted by Gasteiger charge is -2.25. The molecule has 0 saturated heterocycles. The molecule has 3 aromatic carbocycles. The number of hydrogen-bond donors (Lipinski definition) is 1. The lowest BCUT2D eigenvalue weighted by Crippen LogP contribution is -2.45. The maximum atomic E-state index is 12.6. The van der Waals surface area contributed by atoms with Crippen LogP contribution in [0.5, 0.6) is 0 Å². The third-order valence-electron chi connectivity index (χ3n) is 4.71.